The first kappa shape index (κ1) is 72.1. The van der Waals surface area contributed by atoms with Gasteiger partial charge in [0.2, 0.25) is 55.5 Å². The summed E-state index contributed by atoms with van der Waals surface area (Å²) in [7, 11) is -7.72. The molecule has 10 amide bonds. The SMILES string of the molecule is C.C=CC1CC1(NC(=O)[C@@H]1C[C@@H](N)CN1C(=O)[C@@H](NC(=O)CC1CC1)C(C)(C)C)C(=O)NS(=O)(=O)C1CC1.C=CC1CC1(NC(=O)[C@@H]1C[C@@H](N2C(=O)c3ccccc3C2=O)CN1C(=O)[C@@H](NC(=O)CC1CC1)C(C)(C)C)C(=O)NS(=O)(=O)C1CC1.O=C1OC(=O)c2ccccc21. The van der Waals surface area contributed by atoms with E-state index in [1.807, 2.05) is 20.8 Å². The minimum Gasteiger partial charge on any atom is -0.386 e. The van der Waals surface area contributed by atoms with Crippen molar-refractivity contribution in [3.05, 3.63) is 96.1 Å². The Balaban J connectivity index is 0.000000196. The van der Waals surface area contributed by atoms with E-state index in [2.05, 4.69) is 48.6 Å². The summed E-state index contributed by atoms with van der Waals surface area (Å²) in [4.78, 5) is 160. The van der Waals surface area contributed by atoms with Crippen LogP contribution in [0.15, 0.2) is 73.8 Å². The lowest BCUT2D eigenvalue weighted by atomic mass is 9.85. The number of carbonyl (C=O) groups is 12. The summed E-state index contributed by atoms with van der Waals surface area (Å²) in [6, 6.07) is 7.49. The van der Waals surface area contributed by atoms with Gasteiger partial charge in [-0.15, -0.1) is 13.2 Å². The van der Waals surface area contributed by atoms with Crippen LogP contribution < -0.4 is 36.4 Å². The molecule has 10 atom stereocenters. The van der Waals surface area contributed by atoms with Gasteiger partial charge in [0, 0.05) is 43.8 Å². The van der Waals surface area contributed by atoms with Crippen molar-refractivity contribution in [2.75, 3.05) is 13.1 Å². The second-order valence-corrected chi connectivity index (χ2v) is 33.0. The number of amides is 10. The Morgan fingerprint density at radius 3 is 1.29 bits per heavy atom. The van der Waals surface area contributed by atoms with E-state index < -0.39 is 160 Å². The van der Waals surface area contributed by atoms with Gasteiger partial charge in [0.1, 0.15) is 35.2 Å². The molecule has 0 bridgehead atoms. The highest BCUT2D eigenvalue weighted by atomic mass is 32.2. The summed E-state index contributed by atoms with van der Waals surface area (Å²) in [5, 5.41) is 9.94. The van der Waals surface area contributed by atoms with E-state index in [4.69, 9.17) is 5.73 Å². The maximum atomic E-state index is 14.4. The zero-order valence-electron chi connectivity index (χ0n) is 54.1. The summed E-state index contributed by atoms with van der Waals surface area (Å²) in [5.74, 6) is -6.97. The smallest absolute Gasteiger partial charge is 0.346 e. The fraction of sp³-hybridized carbons (Fsp3) is 0.582. The molecule has 6 aliphatic carbocycles. The van der Waals surface area contributed by atoms with E-state index in [1.54, 1.807) is 69.3 Å². The molecule has 2 aromatic carbocycles. The number of cyclic esters (lactones) is 2. The number of fused-ring (bicyclic) bond motifs is 2. The Hall–Kier alpha value is -8.18. The molecule has 0 spiro atoms. The first-order valence-electron chi connectivity index (χ1n) is 32.3. The Labute approximate surface area is 559 Å². The number of benzene rings is 2. The van der Waals surface area contributed by atoms with Gasteiger partial charge in [-0.3, -0.25) is 62.3 Å². The fourth-order valence-electron chi connectivity index (χ4n) is 12.7. The highest BCUT2D eigenvalue weighted by Crippen LogP contribution is 2.47. The number of ether oxygens (including phenoxy) is 1. The van der Waals surface area contributed by atoms with Crippen molar-refractivity contribution in [2.45, 2.75) is 197 Å². The molecule has 520 valence electrons. The topological polar surface area (TPSA) is 390 Å². The first-order valence-corrected chi connectivity index (χ1v) is 35.4. The van der Waals surface area contributed by atoms with Crippen LogP contribution in [0.25, 0.3) is 0 Å². The number of carbonyl (C=O) groups excluding carboxylic acids is 12. The van der Waals surface area contributed by atoms with Gasteiger partial charge in [-0.25, -0.2) is 26.4 Å². The van der Waals surface area contributed by atoms with Crippen molar-refractivity contribution < 1.29 is 79.1 Å². The highest BCUT2D eigenvalue weighted by Gasteiger charge is 2.64. The number of sulfonamides is 2. The van der Waals surface area contributed by atoms with Gasteiger partial charge < -0.3 is 41.5 Å². The van der Waals surface area contributed by atoms with E-state index in [0.717, 1.165) is 30.6 Å². The van der Waals surface area contributed by atoms with Crippen LogP contribution in [0.3, 0.4) is 0 Å². The number of nitrogens with two attached hydrogens (primary N) is 1. The third-order valence-electron chi connectivity index (χ3n) is 19.2. The zero-order valence-corrected chi connectivity index (χ0v) is 55.7. The van der Waals surface area contributed by atoms with Gasteiger partial charge in [0.05, 0.1) is 38.8 Å². The van der Waals surface area contributed by atoms with E-state index in [9.17, 15) is 74.4 Å². The van der Waals surface area contributed by atoms with Crippen LogP contribution in [-0.4, -0.2) is 173 Å². The Morgan fingerprint density at radius 1 is 0.583 bits per heavy atom. The third kappa shape index (κ3) is 15.5. The van der Waals surface area contributed by atoms with Gasteiger partial charge in [-0.1, -0.05) is 85.4 Å². The molecule has 27 nitrogen and oxygen atoms in total. The minimum absolute atomic E-state index is 0. The largest absolute Gasteiger partial charge is 0.386 e. The summed E-state index contributed by atoms with van der Waals surface area (Å²) in [6.45, 7) is 18.3. The molecule has 6 saturated carbocycles. The number of rotatable bonds is 21. The Kier molecular flexibility index (Phi) is 20.3. The summed E-state index contributed by atoms with van der Waals surface area (Å²) in [6.07, 6.45) is 9.80. The normalized spacial score (nSPS) is 26.8. The van der Waals surface area contributed by atoms with Gasteiger partial charge in [0.25, 0.3) is 23.6 Å². The van der Waals surface area contributed by atoms with Crippen molar-refractivity contribution in [2.24, 2.45) is 40.2 Å². The monoisotopic (exact) mass is 1370 g/mol. The number of esters is 2. The molecule has 96 heavy (non-hydrogen) atoms. The van der Waals surface area contributed by atoms with Crippen LogP contribution in [0.4, 0.5) is 0 Å². The molecule has 0 aromatic heterocycles. The van der Waals surface area contributed by atoms with Crippen LogP contribution in [-0.2, 0) is 63.1 Å². The Morgan fingerprint density at radius 2 is 0.948 bits per heavy atom. The molecule has 2 aromatic rings. The average molecular weight is 1370 g/mol. The van der Waals surface area contributed by atoms with Gasteiger partial charge >= 0.3 is 11.9 Å². The molecule has 10 aliphatic rings. The van der Waals surface area contributed by atoms with Crippen molar-refractivity contribution in [3.8, 4) is 0 Å². The van der Waals surface area contributed by atoms with Crippen LogP contribution >= 0.6 is 0 Å². The molecule has 4 unspecified atom stereocenters. The van der Waals surface area contributed by atoms with Gasteiger partial charge in [-0.2, -0.15) is 0 Å². The summed E-state index contributed by atoms with van der Waals surface area (Å²) in [5.41, 5.74) is 2.90. The highest BCUT2D eigenvalue weighted by molar-refractivity contribution is 7.91. The molecule has 8 fully saturated rings. The van der Waals surface area contributed by atoms with Crippen molar-refractivity contribution in [1.82, 2.24) is 45.4 Å². The van der Waals surface area contributed by atoms with Crippen molar-refractivity contribution in [1.29, 1.82) is 0 Å². The number of hydrogen-bond donors (Lipinski definition) is 7. The van der Waals surface area contributed by atoms with E-state index >= 15 is 0 Å². The molecular weight excluding hydrogens is 1280 g/mol. The molecular formula is C67H88N10O17S2. The van der Waals surface area contributed by atoms with Crippen LogP contribution in [0, 0.1) is 34.5 Å². The average Bonchev–Trinajstić information content (AvgIpc) is 1.59. The van der Waals surface area contributed by atoms with Crippen molar-refractivity contribution in [3.63, 3.8) is 0 Å². The maximum absolute atomic E-state index is 14.4. The molecule has 4 heterocycles. The quantitative estimate of drug-likeness (QED) is 0.0409. The number of likely N-dealkylation sites (tertiary alicyclic amines) is 2. The second-order valence-electron chi connectivity index (χ2n) is 29.0. The van der Waals surface area contributed by atoms with E-state index in [0.29, 0.717) is 49.1 Å². The molecule has 0 radical (unpaired) electrons. The van der Waals surface area contributed by atoms with Crippen molar-refractivity contribution >= 4 is 91.1 Å². The first-order chi connectivity index (χ1) is 44.5. The van der Waals surface area contributed by atoms with Gasteiger partial charge in [0.15, 0.2) is 0 Å². The summed E-state index contributed by atoms with van der Waals surface area (Å²) >= 11 is 0. The standard InChI is InChI=1S/C33H41N5O8S.C25H39N5O6S.C8H4O3.CH4/c1-5-19-16-33(19,31(44)36-47(45,46)21-12-13-21)35-27(40)24-15-20(38-28(41)22-8-6-7-9-23(22)29(38)42)17-37(24)30(43)26(32(2,3)4)34-25(39)14-18-10-11-18;1-5-15-12-25(15,23(34)29-37(35,36)17-8-9-17)28-21(32)18-11-16(26)13-30(18)22(33)20(24(2,3)4)27-19(31)10-14-6-7-14;9-7-5-3-1-2-4-6(5)8(10)11-7;/h5-9,18-21,24,26H,1,10-17H2,2-4H3,(H,34,39)(H,35,40)(H,36,44);5,14-18,20H,1,6-13,26H2,2-4H3,(H,27,31)(H,28,32)(H,29,34);1-4H;1H4/t19?,20-,24+,26-,33?;15?,16-,18+,20-,25?;;/m11../s1. The second kappa shape index (κ2) is 27.0. The van der Waals surface area contributed by atoms with Crippen LogP contribution in [0.5, 0.6) is 0 Å². The molecule has 2 saturated heterocycles. The van der Waals surface area contributed by atoms with Gasteiger partial charge in [-0.05, 0) is 124 Å². The zero-order chi connectivity index (χ0) is 69.2. The van der Waals surface area contributed by atoms with E-state index in [1.165, 1.54) is 22.0 Å². The number of imide groups is 1. The number of nitrogens with one attached hydrogen (secondary N) is 6. The molecule has 4 aliphatic heterocycles. The molecule has 8 N–H and O–H groups in total. The lowest BCUT2D eigenvalue weighted by molar-refractivity contribution is -0.144. The van der Waals surface area contributed by atoms with E-state index in [-0.39, 0.29) is 81.5 Å². The molecule has 12 rings (SSSR count). The number of hydrogen-bond acceptors (Lipinski definition) is 18. The van der Waals surface area contributed by atoms with Crippen LogP contribution in [0.2, 0.25) is 0 Å². The lowest BCUT2D eigenvalue weighted by Crippen LogP contribution is -2.60. The maximum Gasteiger partial charge on any atom is 0.346 e. The summed E-state index contributed by atoms with van der Waals surface area (Å²) < 4.78 is 58.5. The minimum atomic E-state index is -3.91. The third-order valence-corrected chi connectivity index (χ3v) is 22.8. The number of nitrogens with zero attached hydrogens (tertiary/aromatic N) is 3. The Bertz CT molecular complexity index is 3740. The lowest BCUT2D eigenvalue weighted by Gasteiger charge is -2.36. The predicted molar refractivity (Wildman–Crippen MR) is 348 cm³/mol. The predicted octanol–water partition coefficient (Wildman–Crippen LogP) is 2.80. The van der Waals surface area contributed by atoms with Crippen LogP contribution in [0.1, 0.15) is 180 Å². The molecule has 29 heteroatoms. The fourth-order valence-corrected chi connectivity index (χ4v) is 15.4.